The van der Waals surface area contributed by atoms with Gasteiger partial charge in [0.15, 0.2) is 0 Å². The number of rotatable bonds is 8. The maximum atomic E-state index is 13.4. The first-order valence-corrected chi connectivity index (χ1v) is 15.4. The molecule has 1 saturated heterocycles. The Hall–Kier alpha value is -4.85. The maximum absolute atomic E-state index is 13.4. The number of nitrogens with one attached hydrogen (secondary N) is 2. The summed E-state index contributed by atoms with van der Waals surface area (Å²) in [7, 11) is 0. The molecule has 12 heteroatoms. The van der Waals surface area contributed by atoms with Crippen molar-refractivity contribution < 1.29 is 39.2 Å². The number of urea groups is 1. The molecule has 5 atom stereocenters. The highest BCUT2D eigenvalue weighted by Crippen LogP contribution is 2.36. The fourth-order valence-corrected chi connectivity index (χ4v) is 5.85. The van der Waals surface area contributed by atoms with Crippen LogP contribution in [-0.4, -0.2) is 76.5 Å². The monoisotopic (exact) mass is 641 g/mol. The molecule has 0 saturated carbocycles. The van der Waals surface area contributed by atoms with Crippen molar-refractivity contribution in [1.29, 1.82) is 0 Å². The van der Waals surface area contributed by atoms with Crippen LogP contribution in [0.5, 0.6) is 0 Å². The van der Waals surface area contributed by atoms with Gasteiger partial charge in [-0.15, -0.1) is 0 Å². The minimum absolute atomic E-state index is 0.127. The van der Waals surface area contributed by atoms with E-state index in [9.17, 15) is 34.8 Å². The van der Waals surface area contributed by atoms with Crippen molar-refractivity contribution in [2.45, 2.75) is 43.4 Å². The number of ether oxygens (including phenoxy) is 1. The van der Waals surface area contributed by atoms with E-state index in [0.717, 1.165) is 22.5 Å². The second-order valence-corrected chi connectivity index (χ2v) is 11.5. The molecule has 6 N–H and O–H groups in total. The highest BCUT2D eigenvalue weighted by atomic mass is 16.5. The summed E-state index contributed by atoms with van der Waals surface area (Å²) in [6.45, 7) is 0.0666. The third-order valence-electron chi connectivity index (χ3n) is 8.39. The Balaban J connectivity index is 1.03. The second kappa shape index (κ2) is 13.9. The molecule has 6 rings (SSSR count). The molecule has 0 spiro atoms. The van der Waals surface area contributed by atoms with Crippen molar-refractivity contribution in [2.24, 2.45) is 0 Å². The zero-order chi connectivity index (χ0) is 33.1. The Labute approximate surface area is 269 Å². The molecule has 0 radical (unpaired) electrons. The lowest BCUT2D eigenvalue weighted by Crippen LogP contribution is -2.55. The molecule has 0 aliphatic carbocycles. The van der Waals surface area contributed by atoms with Crippen LogP contribution in [0.2, 0.25) is 0 Å². The highest BCUT2D eigenvalue weighted by molar-refractivity contribution is 6.05. The SMILES string of the molecule is O=C(NCCCCNC(=O)N1c2ccccc2C=Cc2ccccc21)c1cc2ccc([C@@H]3O[C@H](CO)[C@H](O)[C@H](O)[C@H]3O)cc2oc1=O. The number of unbranched alkanes of at least 4 members (excludes halogenated alkanes) is 1. The van der Waals surface area contributed by atoms with Crippen LogP contribution in [0.3, 0.4) is 0 Å². The van der Waals surface area contributed by atoms with E-state index < -0.39 is 48.7 Å². The van der Waals surface area contributed by atoms with Crippen molar-refractivity contribution in [3.05, 3.63) is 105 Å². The summed E-state index contributed by atoms with van der Waals surface area (Å²) < 4.78 is 11.0. The predicted molar refractivity (Wildman–Crippen MR) is 174 cm³/mol. The summed E-state index contributed by atoms with van der Waals surface area (Å²) in [6.07, 6.45) is -1.63. The first kappa shape index (κ1) is 32.1. The lowest BCUT2D eigenvalue weighted by atomic mass is 9.91. The summed E-state index contributed by atoms with van der Waals surface area (Å²) in [5.74, 6) is -0.604. The molecular weight excluding hydrogens is 606 g/mol. The highest BCUT2D eigenvalue weighted by Gasteiger charge is 2.44. The number of aliphatic hydroxyl groups excluding tert-OH is 4. The third kappa shape index (κ3) is 6.55. The molecule has 0 unspecified atom stereocenters. The van der Waals surface area contributed by atoms with E-state index in [0.29, 0.717) is 30.3 Å². The van der Waals surface area contributed by atoms with Crippen LogP contribution in [-0.2, 0) is 4.74 Å². The predicted octanol–water partition coefficient (Wildman–Crippen LogP) is 2.85. The topological polar surface area (TPSA) is 182 Å². The number of nitrogens with zero attached hydrogens (tertiary/aromatic N) is 1. The van der Waals surface area contributed by atoms with Crippen LogP contribution < -0.4 is 21.2 Å². The van der Waals surface area contributed by atoms with E-state index in [4.69, 9.17) is 9.15 Å². The molecule has 3 amide bonds. The normalized spacial score (nSPS) is 21.9. The molecule has 2 aliphatic rings. The molecule has 12 nitrogen and oxygen atoms in total. The average molecular weight is 642 g/mol. The van der Waals surface area contributed by atoms with Gasteiger partial charge in [0.1, 0.15) is 41.7 Å². The summed E-state index contributed by atoms with van der Waals surface area (Å²) in [5, 5.41) is 46.2. The number of para-hydroxylation sites is 2. The molecule has 3 aromatic carbocycles. The van der Waals surface area contributed by atoms with Crippen LogP contribution in [0.1, 0.15) is 46.0 Å². The van der Waals surface area contributed by atoms with Crippen LogP contribution in [0.4, 0.5) is 16.2 Å². The zero-order valence-electron chi connectivity index (χ0n) is 25.3. The molecule has 0 bridgehead atoms. The van der Waals surface area contributed by atoms with Gasteiger partial charge in [0.05, 0.1) is 18.0 Å². The van der Waals surface area contributed by atoms with Gasteiger partial charge in [-0.2, -0.15) is 0 Å². The number of hydrogen-bond donors (Lipinski definition) is 6. The smallest absolute Gasteiger partial charge is 0.349 e. The van der Waals surface area contributed by atoms with Crippen molar-refractivity contribution >= 4 is 46.4 Å². The summed E-state index contributed by atoms with van der Waals surface area (Å²) in [5.41, 5.74) is 2.84. The maximum Gasteiger partial charge on any atom is 0.349 e. The van der Waals surface area contributed by atoms with Gasteiger partial charge in [-0.1, -0.05) is 60.7 Å². The number of fused-ring (bicyclic) bond motifs is 3. The van der Waals surface area contributed by atoms with Gasteiger partial charge >= 0.3 is 11.7 Å². The Bertz CT molecular complexity index is 1820. The molecule has 1 fully saturated rings. The van der Waals surface area contributed by atoms with Gasteiger partial charge in [-0.05, 0) is 53.8 Å². The van der Waals surface area contributed by atoms with Gasteiger partial charge in [0.2, 0.25) is 0 Å². The Kier molecular flexibility index (Phi) is 9.48. The first-order valence-electron chi connectivity index (χ1n) is 15.4. The van der Waals surface area contributed by atoms with Crippen molar-refractivity contribution in [3.8, 4) is 0 Å². The average Bonchev–Trinajstić information content (AvgIpc) is 3.25. The minimum atomic E-state index is -1.55. The molecule has 47 heavy (non-hydrogen) atoms. The van der Waals surface area contributed by atoms with Crippen LogP contribution in [0, 0.1) is 0 Å². The van der Waals surface area contributed by atoms with E-state index in [-0.39, 0.29) is 23.7 Å². The Morgan fingerprint density at radius 2 is 1.43 bits per heavy atom. The number of benzene rings is 3. The van der Waals surface area contributed by atoms with Gasteiger partial charge in [0, 0.05) is 18.5 Å². The summed E-state index contributed by atoms with van der Waals surface area (Å²) in [4.78, 5) is 40.6. The van der Waals surface area contributed by atoms with Crippen molar-refractivity contribution in [1.82, 2.24) is 10.6 Å². The molecule has 1 aromatic heterocycles. The summed E-state index contributed by atoms with van der Waals surface area (Å²) >= 11 is 0. The number of carbonyl (C=O) groups excluding carboxylic acids is 2. The Morgan fingerprint density at radius 1 is 0.787 bits per heavy atom. The van der Waals surface area contributed by atoms with E-state index in [2.05, 4.69) is 10.6 Å². The van der Waals surface area contributed by atoms with Crippen LogP contribution in [0.15, 0.2) is 82.0 Å². The van der Waals surface area contributed by atoms with E-state index >= 15 is 0 Å². The lowest BCUT2D eigenvalue weighted by molar-refractivity contribution is -0.231. The van der Waals surface area contributed by atoms with Gasteiger partial charge in [0.25, 0.3) is 5.91 Å². The number of anilines is 2. The van der Waals surface area contributed by atoms with Gasteiger partial charge in [-0.3, -0.25) is 9.69 Å². The number of amides is 3. The molecule has 244 valence electrons. The zero-order valence-corrected chi connectivity index (χ0v) is 25.3. The van der Waals surface area contributed by atoms with Crippen molar-refractivity contribution in [3.63, 3.8) is 0 Å². The van der Waals surface area contributed by atoms with E-state index in [1.807, 2.05) is 60.7 Å². The molecular formula is C35H35N3O9. The fraction of sp³-hybridized carbons (Fsp3) is 0.286. The second-order valence-electron chi connectivity index (χ2n) is 11.5. The van der Waals surface area contributed by atoms with Crippen molar-refractivity contribution in [2.75, 3.05) is 24.6 Å². The molecule has 2 aliphatic heterocycles. The van der Waals surface area contributed by atoms with E-state index in [1.165, 1.54) is 12.1 Å². The summed E-state index contributed by atoms with van der Waals surface area (Å²) in [6, 6.07) is 21.1. The number of hydrogen-bond acceptors (Lipinski definition) is 9. The minimum Gasteiger partial charge on any atom is -0.422 e. The van der Waals surface area contributed by atoms with Gasteiger partial charge < -0.3 is 40.2 Å². The number of carbonyl (C=O) groups is 2. The Morgan fingerprint density at radius 3 is 2.09 bits per heavy atom. The van der Waals surface area contributed by atoms with Crippen LogP contribution in [0.25, 0.3) is 23.1 Å². The largest absolute Gasteiger partial charge is 0.422 e. The fourth-order valence-electron chi connectivity index (χ4n) is 5.85. The van der Waals surface area contributed by atoms with Crippen LogP contribution >= 0.6 is 0 Å². The lowest BCUT2D eigenvalue weighted by Gasteiger charge is -2.40. The molecule has 3 heterocycles. The van der Waals surface area contributed by atoms with Gasteiger partial charge in [-0.25, -0.2) is 9.59 Å². The molecule has 4 aromatic rings. The quantitative estimate of drug-likeness (QED) is 0.125. The van der Waals surface area contributed by atoms with E-state index in [1.54, 1.807) is 17.0 Å². The number of aliphatic hydroxyl groups is 4. The third-order valence-corrected chi connectivity index (χ3v) is 8.39. The first-order chi connectivity index (χ1) is 22.8. The standard InChI is InChI=1S/C35H35N3O9/c39-19-28-29(40)30(41)31(42)32(46-28)23-14-13-22-17-24(34(44)47-27(22)18-23)33(43)36-15-5-6-16-37-35(45)38-25-9-3-1-7-20(25)11-12-21-8-2-4-10-26(21)38/h1-4,7-14,17-18,28-32,39-42H,5-6,15-16,19H2,(H,36,43)(H,37,45)/t28-,29+,30+,31-,32+/m1/s1.